The number of carbonyl (C=O) groups is 1. The van der Waals surface area contributed by atoms with Crippen molar-refractivity contribution in [2.24, 2.45) is 0 Å². The molecule has 0 aromatic rings. The quantitative estimate of drug-likeness (QED) is 0.603. The summed E-state index contributed by atoms with van der Waals surface area (Å²) in [4.78, 5) is 13.3. The second kappa shape index (κ2) is 4.29. The Morgan fingerprint density at radius 1 is 1.46 bits per heavy atom. The van der Waals surface area contributed by atoms with Gasteiger partial charge in [-0.2, -0.15) is 0 Å². The number of alkyl halides is 1. The fraction of sp³-hybridized carbons (Fsp3) is 0.889. The van der Waals surface area contributed by atoms with Crippen LogP contribution in [-0.2, 0) is 9.53 Å². The molecule has 0 bridgehead atoms. The Morgan fingerprint density at radius 3 is 2.31 bits per heavy atom. The van der Waals surface area contributed by atoms with E-state index < -0.39 is 5.38 Å². The van der Waals surface area contributed by atoms with Gasteiger partial charge in [-0.1, -0.05) is 0 Å². The van der Waals surface area contributed by atoms with Crippen LogP contribution in [-0.4, -0.2) is 41.5 Å². The molecular weight excluding hydrogens is 190 g/mol. The van der Waals surface area contributed by atoms with Crippen LogP contribution in [0.25, 0.3) is 0 Å². The highest BCUT2D eigenvalue weighted by Gasteiger charge is 2.27. The van der Waals surface area contributed by atoms with Crippen molar-refractivity contribution in [1.82, 2.24) is 4.90 Å². The smallest absolute Gasteiger partial charge is 0.240 e. The lowest BCUT2D eigenvalue weighted by Gasteiger charge is -2.35. The van der Waals surface area contributed by atoms with Gasteiger partial charge in [-0.25, -0.2) is 0 Å². The number of rotatable bonds is 1. The Hall–Kier alpha value is -0.280. The molecule has 0 aromatic carbocycles. The van der Waals surface area contributed by atoms with Crippen molar-refractivity contribution in [3.8, 4) is 0 Å². The maximum atomic E-state index is 11.5. The molecule has 1 amide bonds. The number of ether oxygens (including phenoxy) is 1. The zero-order valence-corrected chi connectivity index (χ0v) is 9.04. The topological polar surface area (TPSA) is 29.5 Å². The molecule has 0 unspecified atom stereocenters. The van der Waals surface area contributed by atoms with Crippen molar-refractivity contribution in [2.75, 3.05) is 13.1 Å². The van der Waals surface area contributed by atoms with E-state index in [-0.39, 0.29) is 18.1 Å². The van der Waals surface area contributed by atoms with Crippen molar-refractivity contribution >= 4 is 17.5 Å². The average Bonchev–Trinajstić information content (AvgIpc) is 2.01. The Kier molecular flexibility index (Phi) is 3.56. The lowest BCUT2D eigenvalue weighted by Crippen LogP contribution is -2.50. The van der Waals surface area contributed by atoms with Gasteiger partial charge in [0.25, 0.3) is 0 Å². The molecule has 1 fully saturated rings. The Morgan fingerprint density at radius 2 is 1.92 bits per heavy atom. The van der Waals surface area contributed by atoms with Gasteiger partial charge in [0.15, 0.2) is 0 Å². The predicted molar refractivity (Wildman–Crippen MR) is 51.9 cm³/mol. The lowest BCUT2D eigenvalue weighted by atomic mass is 10.2. The Balaban J connectivity index is 2.55. The maximum absolute atomic E-state index is 11.5. The normalized spacial score (nSPS) is 31.5. The summed E-state index contributed by atoms with van der Waals surface area (Å²) in [5.74, 6) is 0.00340. The predicted octanol–water partition coefficient (Wildman–Crippen LogP) is 1.25. The second-order valence-electron chi connectivity index (χ2n) is 3.62. The molecular formula is C9H16ClNO2. The molecule has 0 radical (unpaired) electrons. The molecule has 1 rings (SSSR count). The van der Waals surface area contributed by atoms with Gasteiger partial charge in [0, 0.05) is 13.1 Å². The number of nitrogens with zero attached hydrogens (tertiary/aromatic N) is 1. The van der Waals surface area contributed by atoms with Crippen molar-refractivity contribution in [3.63, 3.8) is 0 Å². The fourth-order valence-corrected chi connectivity index (χ4v) is 1.75. The molecule has 1 saturated heterocycles. The summed E-state index contributed by atoms with van der Waals surface area (Å²) >= 11 is 5.72. The van der Waals surface area contributed by atoms with Crippen LogP contribution >= 0.6 is 11.6 Å². The summed E-state index contributed by atoms with van der Waals surface area (Å²) in [6, 6.07) is 0. The third-order valence-corrected chi connectivity index (χ3v) is 2.26. The van der Waals surface area contributed by atoms with Crippen LogP contribution in [0.3, 0.4) is 0 Å². The average molecular weight is 206 g/mol. The minimum Gasteiger partial charge on any atom is -0.372 e. The molecule has 1 aliphatic rings. The first-order valence-corrected chi connectivity index (χ1v) is 5.02. The van der Waals surface area contributed by atoms with Gasteiger partial charge in [0.1, 0.15) is 5.38 Å². The second-order valence-corrected chi connectivity index (χ2v) is 4.27. The molecule has 3 nitrogen and oxygen atoms in total. The highest BCUT2D eigenvalue weighted by molar-refractivity contribution is 6.30. The molecule has 0 N–H and O–H groups in total. The first kappa shape index (κ1) is 10.8. The SMILES string of the molecule is C[C@H]1CN(C(=O)[C@@H](C)Cl)C[C@H](C)O1. The molecule has 1 aliphatic heterocycles. The van der Waals surface area contributed by atoms with Gasteiger partial charge in [0.2, 0.25) is 5.91 Å². The number of morpholine rings is 1. The third-order valence-electron chi connectivity index (χ3n) is 2.07. The minimum atomic E-state index is -0.433. The van der Waals surface area contributed by atoms with Crippen LogP contribution in [0.5, 0.6) is 0 Å². The molecule has 13 heavy (non-hydrogen) atoms. The summed E-state index contributed by atoms with van der Waals surface area (Å²) in [7, 11) is 0. The molecule has 0 spiro atoms. The molecule has 1 heterocycles. The van der Waals surface area contributed by atoms with E-state index in [0.717, 1.165) is 0 Å². The zero-order chi connectivity index (χ0) is 10.0. The lowest BCUT2D eigenvalue weighted by molar-refractivity contribution is -0.142. The number of hydrogen-bond acceptors (Lipinski definition) is 2. The van der Waals surface area contributed by atoms with Crippen LogP contribution in [0.4, 0.5) is 0 Å². The van der Waals surface area contributed by atoms with Crippen LogP contribution < -0.4 is 0 Å². The molecule has 4 heteroatoms. The van der Waals surface area contributed by atoms with Gasteiger partial charge in [-0.15, -0.1) is 11.6 Å². The number of carbonyl (C=O) groups excluding carboxylic acids is 1. The van der Waals surface area contributed by atoms with E-state index in [2.05, 4.69) is 0 Å². The Bertz CT molecular complexity index is 186. The van der Waals surface area contributed by atoms with Crippen LogP contribution in [0, 0.1) is 0 Å². The highest BCUT2D eigenvalue weighted by atomic mass is 35.5. The van der Waals surface area contributed by atoms with Crippen molar-refractivity contribution < 1.29 is 9.53 Å². The van der Waals surface area contributed by atoms with Crippen LogP contribution in [0.2, 0.25) is 0 Å². The van der Waals surface area contributed by atoms with Gasteiger partial charge >= 0.3 is 0 Å². The molecule has 0 aliphatic carbocycles. The first-order chi connectivity index (χ1) is 6.00. The van der Waals surface area contributed by atoms with Gasteiger partial charge in [0.05, 0.1) is 12.2 Å². The van der Waals surface area contributed by atoms with E-state index in [1.165, 1.54) is 0 Å². The summed E-state index contributed by atoms with van der Waals surface area (Å²) < 4.78 is 5.51. The number of amides is 1. The van der Waals surface area contributed by atoms with Crippen LogP contribution in [0.1, 0.15) is 20.8 Å². The van der Waals surface area contributed by atoms with E-state index in [1.807, 2.05) is 13.8 Å². The molecule has 0 aromatic heterocycles. The monoisotopic (exact) mass is 205 g/mol. The van der Waals surface area contributed by atoms with Gasteiger partial charge in [-0.05, 0) is 20.8 Å². The van der Waals surface area contributed by atoms with Crippen LogP contribution in [0.15, 0.2) is 0 Å². The summed E-state index contributed by atoms with van der Waals surface area (Å²) in [5, 5.41) is -0.433. The maximum Gasteiger partial charge on any atom is 0.240 e. The highest BCUT2D eigenvalue weighted by Crippen LogP contribution is 2.13. The summed E-state index contributed by atoms with van der Waals surface area (Å²) in [6.07, 6.45) is 0.228. The largest absolute Gasteiger partial charge is 0.372 e. The minimum absolute atomic E-state index is 0.00340. The summed E-state index contributed by atoms with van der Waals surface area (Å²) in [6.45, 7) is 6.94. The van der Waals surface area contributed by atoms with Gasteiger partial charge < -0.3 is 9.64 Å². The van der Waals surface area contributed by atoms with E-state index in [9.17, 15) is 4.79 Å². The Labute approximate surface area is 84.0 Å². The number of hydrogen-bond donors (Lipinski definition) is 0. The first-order valence-electron chi connectivity index (χ1n) is 4.59. The molecule has 0 saturated carbocycles. The van der Waals surface area contributed by atoms with Crippen molar-refractivity contribution in [2.45, 2.75) is 38.4 Å². The van der Waals surface area contributed by atoms with E-state index in [1.54, 1.807) is 11.8 Å². The van der Waals surface area contributed by atoms with Gasteiger partial charge in [-0.3, -0.25) is 4.79 Å². The summed E-state index contributed by atoms with van der Waals surface area (Å²) in [5.41, 5.74) is 0. The van der Waals surface area contributed by atoms with Crippen molar-refractivity contribution in [3.05, 3.63) is 0 Å². The molecule has 76 valence electrons. The third kappa shape index (κ3) is 2.85. The molecule has 3 atom stereocenters. The fourth-order valence-electron chi connectivity index (χ4n) is 1.61. The number of halogens is 1. The van der Waals surface area contributed by atoms with E-state index in [4.69, 9.17) is 16.3 Å². The zero-order valence-electron chi connectivity index (χ0n) is 8.29. The van der Waals surface area contributed by atoms with E-state index in [0.29, 0.717) is 13.1 Å². The standard InChI is InChI=1S/C9H16ClNO2/c1-6-4-11(5-7(2)13-6)9(12)8(3)10/h6-8H,4-5H2,1-3H3/t6-,7-,8+/m0/s1. The van der Waals surface area contributed by atoms with Crippen molar-refractivity contribution in [1.29, 1.82) is 0 Å². The van der Waals surface area contributed by atoms with E-state index >= 15 is 0 Å².